The van der Waals surface area contributed by atoms with Gasteiger partial charge in [0.05, 0.1) is 16.4 Å². The lowest BCUT2D eigenvalue weighted by atomic mass is 9.83. The van der Waals surface area contributed by atoms with Crippen LogP contribution in [-0.2, 0) is 4.79 Å². The van der Waals surface area contributed by atoms with Crippen LogP contribution in [-0.4, -0.2) is 29.5 Å². The van der Waals surface area contributed by atoms with E-state index >= 15 is 0 Å². The number of halogens is 4. The number of anilines is 2. The number of urea groups is 1. The maximum absolute atomic E-state index is 13.2. The number of carbonyl (C=O) groups excluding carboxylic acids is 1. The first kappa shape index (κ1) is 30.8. The second kappa shape index (κ2) is 13.2. The van der Waals surface area contributed by atoms with Gasteiger partial charge in [-0.05, 0) is 54.5 Å². The van der Waals surface area contributed by atoms with E-state index in [1.54, 1.807) is 12.1 Å². The lowest BCUT2D eigenvalue weighted by Crippen LogP contribution is -2.42. The van der Waals surface area contributed by atoms with Crippen LogP contribution in [0.4, 0.5) is 29.3 Å². The molecule has 7 nitrogen and oxygen atoms in total. The Bertz CT molecular complexity index is 1430. The first-order valence-electron chi connectivity index (χ1n) is 13.4. The number of nitrogens with one attached hydrogen (secondary N) is 3. The number of carboxylic acids is 1. The second-order valence-electron chi connectivity index (χ2n) is 10.2. The number of carbonyl (C=O) groups is 2. The molecule has 1 atom stereocenters. The molecular weight excluding hydrogens is 571 g/mol. The maximum atomic E-state index is 13.2. The van der Waals surface area contributed by atoms with Crippen molar-refractivity contribution in [1.29, 1.82) is 0 Å². The van der Waals surface area contributed by atoms with Crippen molar-refractivity contribution in [3.8, 4) is 16.9 Å². The van der Waals surface area contributed by atoms with E-state index < -0.39 is 30.2 Å². The van der Waals surface area contributed by atoms with Crippen molar-refractivity contribution in [2.75, 3.05) is 10.6 Å². The smallest absolute Gasteiger partial charge is 0.480 e. The summed E-state index contributed by atoms with van der Waals surface area (Å²) in [7, 11) is 0. The topological polar surface area (TPSA) is 99.7 Å². The maximum Gasteiger partial charge on any atom is 0.573 e. The molecule has 0 aliphatic heterocycles. The van der Waals surface area contributed by atoms with Crippen LogP contribution in [0, 0.1) is 12.8 Å². The van der Waals surface area contributed by atoms with E-state index in [9.17, 15) is 27.9 Å². The summed E-state index contributed by atoms with van der Waals surface area (Å²) >= 11 is 6.19. The number of rotatable bonds is 9. The first-order chi connectivity index (χ1) is 19.9. The van der Waals surface area contributed by atoms with Gasteiger partial charge in [0.1, 0.15) is 11.8 Å². The average Bonchev–Trinajstić information content (AvgIpc) is 2.93. The minimum Gasteiger partial charge on any atom is -0.480 e. The van der Waals surface area contributed by atoms with Crippen LogP contribution >= 0.6 is 11.6 Å². The summed E-state index contributed by atoms with van der Waals surface area (Å²) in [5.41, 5.74) is 3.16. The van der Waals surface area contributed by atoms with Crippen LogP contribution in [0.2, 0.25) is 5.02 Å². The van der Waals surface area contributed by atoms with E-state index in [1.807, 2.05) is 36.4 Å². The Kier molecular flexibility index (Phi) is 9.67. The van der Waals surface area contributed by atoms with Crippen molar-refractivity contribution in [1.82, 2.24) is 5.32 Å². The molecule has 42 heavy (non-hydrogen) atoms. The molecule has 0 aromatic heterocycles. The lowest BCUT2D eigenvalue weighted by Gasteiger charge is -2.29. The number of carboxylic acid groups (broad SMARTS) is 1. The van der Waals surface area contributed by atoms with Gasteiger partial charge in [0.2, 0.25) is 0 Å². The van der Waals surface area contributed by atoms with Gasteiger partial charge in [-0.1, -0.05) is 79.9 Å². The third kappa shape index (κ3) is 7.97. The molecule has 1 fully saturated rings. The SMILES string of the molecule is C=C(NC(C(=O)O)C1CCCCC1)c1ccc(-c2ccccc2)cc1NC(=O)Nc1c(C)cc(OC(F)(F)F)cc1Cl. The summed E-state index contributed by atoms with van der Waals surface area (Å²) in [5.74, 6) is -1.54. The molecule has 4 N–H and O–H groups in total. The van der Waals surface area contributed by atoms with Gasteiger partial charge >= 0.3 is 18.4 Å². The summed E-state index contributed by atoms with van der Waals surface area (Å²) in [6.07, 6.45) is -0.292. The number of ether oxygens (including phenoxy) is 1. The standard InChI is InChI=1S/C31H31ClF3N3O4/c1-18-15-23(42-31(33,34)35)17-25(32)27(18)38-30(41)37-26-16-22(20-9-5-3-6-10-20)13-14-24(26)19(2)36-28(29(39)40)21-11-7-4-8-12-21/h3,5-6,9-10,13-17,21,28,36H,2,4,7-8,11-12H2,1H3,(H,39,40)(H2,37,38,41). The molecule has 1 aliphatic rings. The van der Waals surface area contributed by atoms with Crippen molar-refractivity contribution in [3.63, 3.8) is 0 Å². The van der Waals surface area contributed by atoms with E-state index in [-0.39, 0.29) is 22.2 Å². The fourth-order valence-electron chi connectivity index (χ4n) is 5.17. The monoisotopic (exact) mass is 601 g/mol. The molecule has 1 unspecified atom stereocenters. The fourth-order valence-corrected chi connectivity index (χ4v) is 5.47. The van der Waals surface area contributed by atoms with Crippen LogP contribution in [0.3, 0.4) is 0 Å². The molecule has 222 valence electrons. The van der Waals surface area contributed by atoms with E-state index in [0.717, 1.165) is 55.4 Å². The molecule has 1 aliphatic carbocycles. The second-order valence-corrected chi connectivity index (χ2v) is 10.6. The molecular formula is C31H31ClF3N3O4. The number of aliphatic carboxylic acids is 1. The highest BCUT2D eigenvalue weighted by Crippen LogP contribution is 2.35. The molecule has 0 saturated heterocycles. The molecule has 4 rings (SSSR count). The summed E-state index contributed by atoms with van der Waals surface area (Å²) in [6.45, 7) is 5.57. The van der Waals surface area contributed by atoms with Crippen LogP contribution in [0.25, 0.3) is 16.8 Å². The van der Waals surface area contributed by atoms with Gasteiger partial charge in [0.25, 0.3) is 0 Å². The Balaban J connectivity index is 1.61. The summed E-state index contributed by atoms with van der Waals surface area (Å²) in [4.78, 5) is 25.3. The van der Waals surface area contributed by atoms with Gasteiger partial charge in [-0.15, -0.1) is 13.2 Å². The Morgan fingerprint density at radius 3 is 2.31 bits per heavy atom. The highest BCUT2D eigenvalue weighted by atomic mass is 35.5. The van der Waals surface area contributed by atoms with Crippen molar-refractivity contribution in [2.24, 2.45) is 5.92 Å². The normalized spacial score (nSPS) is 14.5. The van der Waals surface area contributed by atoms with E-state index in [1.165, 1.54) is 6.92 Å². The number of alkyl halides is 3. The van der Waals surface area contributed by atoms with Crippen LogP contribution in [0.15, 0.2) is 67.2 Å². The lowest BCUT2D eigenvalue weighted by molar-refractivity contribution is -0.274. The Labute approximate surface area is 246 Å². The molecule has 1 saturated carbocycles. The van der Waals surface area contributed by atoms with Crippen LogP contribution < -0.4 is 20.7 Å². The Morgan fingerprint density at radius 1 is 1.00 bits per heavy atom. The van der Waals surface area contributed by atoms with Gasteiger partial charge in [-0.3, -0.25) is 0 Å². The van der Waals surface area contributed by atoms with Crippen molar-refractivity contribution in [2.45, 2.75) is 51.4 Å². The summed E-state index contributed by atoms with van der Waals surface area (Å²) in [5, 5.41) is 18.2. The van der Waals surface area contributed by atoms with Crippen LogP contribution in [0.1, 0.15) is 43.2 Å². The van der Waals surface area contributed by atoms with Gasteiger partial charge in [-0.25, -0.2) is 9.59 Å². The Hall–Kier alpha value is -4.18. The largest absolute Gasteiger partial charge is 0.573 e. The first-order valence-corrected chi connectivity index (χ1v) is 13.8. The zero-order valence-electron chi connectivity index (χ0n) is 22.9. The van der Waals surface area contributed by atoms with Gasteiger partial charge < -0.3 is 25.8 Å². The predicted molar refractivity (Wildman–Crippen MR) is 158 cm³/mol. The third-order valence-corrected chi connectivity index (χ3v) is 7.45. The molecule has 0 bridgehead atoms. The van der Waals surface area contributed by atoms with E-state index in [2.05, 4.69) is 27.3 Å². The zero-order chi connectivity index (χ0) is 30.4. The van der Waals surface area contributed by atoms with Crippen LogP contribution in [0.5, 0.6) is 5.75 Å². The number of hydrogen-bond donors (Lipinski definition) is 4. The number of amides is 2. The van der Waals surface area contributed by atoms with Crippen molar-refractivity contribution >= 4 is 40.7 Å². The Morgan fingerprint density at radius 2 is 1.69 bits per heavy atom. The number of hydrogen-bond acceptors (Lipinski definition) is 4. The van der Waals surface area contributed by atoms with Gasteiger partial charge in [-0.2, -0.15) is 0 Å². The summed E-state index contributed by atoms with van der Waals surface area (Å²) in [6, 6.07) is 15.3. The minimum atomic E-state index is -4.89. The van der Waals surface area contributed by atoms with Gasteiger partial charge in [0.15, 0.2) is 0 Å². The van der Waals surface area contributed by atoms with Gasteiger partial charge in [0, 0.05) is 17.3 Å². The average molecular weight is 602 g/mol. The van der Waals surface area contributed by atoms with E-state index in [0.29, 0.717) is 16.9 Å². The molecule has 0 heterocycles. The fraction of sp³-hybridized carbons (Fsp3) is 0.290. The predicted octanol–water partition coefficient (Wildman–Crippen LogP) is 8.45. The minimum absolute atomic E-state index is 0.0503. The summed E-state index contributed by atoms with van der Waals surface area (Å²) < 4.78 is 41.9. The number of benzene rings is 3. The van der Waals surface area contributed by atoms with E-state index in [4.69, 9.17) is 11.6 Å². The molecule has 2 amide bonds. The molecule has 3 aromatic carbocycles. The quantitative estimate of drug-likeness (QED) is 0.197. The zero-order valence-corrected chi connectivity index (χ0v) is 23.6. The van der Waals surface area contributed by atoms with Crippen molar-refractivity contribution < 1.29 is 32.6 Å². The number of aryl methyl sites for hydroxylation is 1. The molecule has 0 radical (unpaired) electrons. The van der Waals surface area contributed by atoms with Crippen molar-refractivity contribution in [3.05, 3.63) is 83.4 Å². The molecule has 11 heteroatoms. The molecule has 3 aromatic rings. The third-order valence-electron chi connectivity index (χ3n) is 7.15. The highest BCUT2D eigenvalue weighted by molar-refractivity contribution is 6.34. The highest BCUT2D eigenvalue weighted by Gasteiger charge is 2.32. The molecule has 0 spiro atoms.